The van der Waals surface area contributed by atoms with Gasteiger partial charge in [0.2, 0.25) is 0 Å². The molecule has 0 aliphatic heterocycles. The number of rotatable bonds is 6. The minimum atomic E-state index is 0.193. The molecule has 4 N–H and O–H groups in total. The van der Waals surface area contributed by atoms with E-state index in [0.717, 1.165) is 19.4 Å². The van der Waals surface area contributed by atoms with Gasteiger partial charge in [0.05, 0.1) is 6.61 Å². The number of aliphatic hydroxyl groups excluding tert-OH is 1. The molecule has 0 spiro atoms. The summed E-state index contributed by atoms with van der Waals surface area (Å²) in [5.41, 5.74) is 5.68. The summed E-state index contributed by atoms with van der Waals surface area (Å²) in [5, 5.41) is 11.5. The number of hydrogen-bond donors (Lipinski definition) is 3. The highest BCUT2D eigenvalue weighted by molar-refractivity contribution is 4.62. The Hall–Kier alpha value is -0.120. The Bertz CT molecular complexity index is 68.6. The zero-order chi connectivity index (χ0) is 7.82. The molecule has 1 unspecified atom stereocenters. The van der Waals surface area contributed by atoms with Crippen LogP contribution in [0.25, 0.3) is 0 Å². The summed E-state index contributed by atoms with van der Waals surface area (Å²) in [7, 11) is 0. The van der Waals surface area contributed by atoms with E-state index in [0.29, 0.717) is 6.54 Å². The van der Waals surface area contributed by atoms with Gasteiger partial charge in [0.15, 0.2) is 0 Å². The van der Waals surface area contributed by atoms with E-state index >= 15 is 0 Å². The lowest BCUT2D eigenvalue weighted by molar-refractivity contribution is 0.290. The zero-order valence-corrected chi connectivity index (χ0v) is 6.64. The van der Waals surface area contributed by atoms with Gasteiger partial charge in [-0.2, -0.15) is 0 Å². The monoisotopic (exact) mass is 146 g/mol. The quantitative estimate of drug-likeness (QED) is 0.451. The van der Waals surface area contributed by atoms with E-state index in [4.69, 9.17) is 10.8 Å². The molecular weight excluding hydrogens is 128 g/mol. The van der Waals surface area contributed by atoms with Crippen molar-refractivity contribution in [2.24, 2.45) is 5.73 Å². The Morgan fingerprint density at radius 3 is 2.80 bits per heavy atom. The number of nitrogens with two attached hydrogens (primary N) is 1. The van der Waals surface area contributed by atoms with Crippen LogP contribution in [0.5, 0.6) is 0 Å². The van der Waals surface area contributed by atoms with Gasteiger partial charge < -0.3 is 16.2 Å². The SMILES string of the molecule is CCCC(N)CNCCO. The van der Waals surface area contributed by atoms with Crippen molar-refractivity contribution in [1.29, 1.82) is 0 Å². The van der Waals surface area contributed by atoms with Crippen LogP contribution in [0.4, 0.5) is 0 Å². The summed E-state index contributed by atoms with van der Waals surface area (Å²) in [4.78, 5) is 0. The van der Waals surface area contributed by atoms with Gasteiger partial charge in [-0.1, -0.05) is 13.3 Å². The van der Waals surface area contributed by atoms with E-state index < -0.39 is 0 Å². The maximum Gasteiger partial charge on any atom is 0.0555 e. The molecule has 0 aliphatic carbocycles. The van der Waals surface area contributed by atoms with Crippen LogP contribution in [0.1, 0.15) is 19.8 Å². The lowest BCUT2D eigenvalue weighted by Gasteiger charge is -2.09. The van der Waals surface area contributed by atoms with Gasteiger partial charge in [-0.3, -0.25) is 0 Å². The van der Waals surface area contributed by atoms with Crippen molar-refractivity contribution in [1.82, 2.24) is 5.32 Å². The molecule has 0 aliphatic rings. The molecule has 3 heteroatoms. The Labute approximate surface area is 62.6 Å². The highest BCUT2D eigenvalue weighted by Crippen LogP contribution is 1.89. The predicted molar refractivity (Wildman–Crippen MR) is 42.8 cm³/mol. The summed E-state index contributed by atoms with van der Waals surface area (Å²) in [6, 6.07) is 0.247. The van der Waals surface area contributed by atoms with Crippen LogP contribution >= 0.6 is 0 Å². The molecule has 62 valence electrons. The van der Waals surface area contributed by atoms with Crippen molar-refractivity contribution in [3.63, 3.8) is 0 Å². The van der Waals surface area contributed by atoms with Crippen LogP contribution in [0.3, 0.4) is 0 Å². The third-order valence-corrected chi connectivity index (χ3v) is 1.35. The zero-order valence-electron chi connectivity index (χ0n) is 6.64. The van der Waals surface area contributed by atoms with Gasteiger partial charge in [-0.05, 0) is 6.42 Å². The number of aliphatic hydroxyl groups is 1. The summed E-state index contributed by atoms with van der Waals surface area (Å²) >= 11 is 0. The van der Waals surface area contributed by atoms with Crippen LogP contribution in [0.2, 0.25) is 0 Å². The summed E-state index contributed by atoms with van der Waals surface area (Å²) in [5.74, 6) is 0. The third-order valence-electron chi connectivity index (χ3n) is 1.35. The molecule has 10 heavy (non-hydrogen) atoms. The second kappa shape index (κ2) is 6.99. The van der Waals surface area contributed by atoms with E-state index in [1.54, 1.807) is 0 Å². The standard InChI is InChI=1S/C7H18N2O/c1-2-3-7(8)6-9-4-5-10/h7,9-10H,2-6,8H2,1H3. The Kier molecular flexibility index (Phi) is 6.91. The van der Waals surface area contributed by atoms with E-state index in [2.05, 4.69) is 12.2 Å². The highest BCUT2D eigenvalue weighted by atomic mass is 16.3. The molecule has 0 saturated carbocycles. The maximum absolute atomic E-state index is 8.41. The third kappa shape index (κ3) is 6.01. The largest absolute Gasteiger partial charge is 0.395 e. The van der Waals surface area contributed by atoms with Crippen molar-refractivity contribution in [3.05, 3.63) is 0 Å². The van der Waals surface area contributed by atoms with Crippen molar-refractivity contribution >= 4 is 0 Å². The average molecular weight is 146 g/mol. The van der Waals surface area contributed by atoms with Crippen molar-refractivity contribution < 1.29 is 5.11 Å². The molecule has 1 atom stereocenters. The van der Waals surface area contributed by atoms with Gasteiger partial charge in [-0.15, -0.1) is 0 Å². The Morgan fingerprint density at radius 2 is 2.30 bits per heavy atom. The maximum atomic E-state index is 8.41. The van der Waals surface area contributed by atoms with Gasteiger partial charge in [0.1, 0.15) is 0 Å². The molecule has 0 aromatic heterocycles. The van der Waals surface area contributed by atoms with Crippen molar-refractivity contribution in [2.45, 2.75) is 25.8 Å². The first-order valence-corrected chi connectivity index (χ1v) is 3.88. The van der Waals surface area contributed by atoms with Crippen LogP contribution in [-0.2, 0) is 0 Å². The second-order valence-electron chi connectivity index (χ2n) is 2.48. The van der Waals surface area contributed by atoms with Crippen LogP contribution in [0.15, 0.2) is 0 Å². The Morgan fingerprint density at radius 1 is 1.60 bits per heavy atom. The van der Waals surface area contributed by atoms with E-state index in [9.17, 15) is 0 Å². The van der Waals surface area contributed by atoms with Gasteiger partial charge in [-0.25, -0.2) is 0 Å². The topological polar surface area (TPSA) is 58.3 Å². The molecule has 0 aromatic rings. The van der Waals surface area contributed by atoms with E-state index in [-0.39, 0.29) is 12.6 Å². The first-order chi connectivity index (χ1) is 4.81. The molecule has 0 fully saturated rings. The first kappa shape index (κ1) is 9.88. The Balaban J connectivity index is 2.97. The molecule has 0 rings (SSSR count). The smallest absolute Gasteiger partial charge is 0.0555 e. The lowest BCUT2D eigenvalue weighted by atomic mass is 10.2. The normalized spacial score (nSPS) is 13.5. The second-order valence-corrected chi connectivity index (χ2v) is 2.48. The molecule has 0 heterocycles. The van der Waals surface area contributed by atoms with Crippen LogP contribution < -0.4 is 11.1 Å². The fourth-order valence-corrected chi connectivity index (χ4v) is 0.839. The molecule has 3 nitrogen and oxygen atoms in total. The van der Waals surface area contributed by atoms with E-state index in [1.807, 2.05) is 0 Å². The highest BCUT2D eigenvalue weighted by Gasteiger charge is 1.97. The first-order valence-electron chi connectivity index (χ1n) is 3.88. The van der Waals surface area contributed by atoms with Gasteiger partial charge in [0.25, 0.3) is 0 Å². The minimum absolute atomic E-state index is 0.193. The lowest BCUT2D eigenvalue weighted by Crippen LogP contribution is -2.34. The van der Waals surface area contributed by atoms with Gasteiger partial charge in [0, 0.05) is 19.1 Å². The predicted octanol–water partition coefficient (Wildman–Crippen LogP) is -0.304. The molecule has 0 radical (unpaired) electrons. The van der Waals surface area contributed by atoms with Crippen LogP contribution in [0, 0.1) is 0 Å². The molecule has 0 amide bonds. The summed E-state index contributed by atoms with van der Waals surface area (Å²) in [6.07, 6.45) is 2.18. The van der Waals surface area contributed by atoms with Crippen molar-refractivity contribution in [3.8, 4) is 0 Å². The van der Waals surface area contributed by atoms with Crippen molar-refractivity contribution in [2.75, 3.05) is 19.7 Å². The average Bonchev–Trinajstić information content (AvgIpc) is 1.89. The number of nitrogens with one attached hydrogen (secondary N) is 1. The molecule has 0 saturated heterocycles. The van der Waals surface area contributed by atoms with E-state index in [1.165, 1.54) is 0 Å². The fraction of sp³-hybridized carbons (Fsp3) is 1.00. The van der Waals surface area contributed by atoms with Gasteiger partial charge >= 0.3 is 0 Å². The fourth-order valence-electron chi connectivity index (χ4n) is 0.839. The molecule has 0 bridgehead atoms. The number of hydrogen-bond acceptors (Lipinski definition) is 3. The summed E-state index contributed by atoms with van der Waals surface area (Å²) < 4.78 is 0. The molecule has 0 aromatic carbocycles. The van der Waals surface area contributed by atoms with Crippen LogP contribution in [-0.4, -0.2) is 30.8 Å². The minimum Gasteiger partial charge on any atom is -0.395 e. The summed E-state index contributed by atoms with van der Waals surface area (Å²) in [6.45, 7) is 3.77. The molecular formula is C7H18N2O.